The topological polar surface area (TPSA) is 67.2 Å². The van der Waals surface area contributed by atoms with Gasteiger partial charge in [0.25, 0.3) is 11.5 Å². The molecule has 148 valence electrons. The second kappa shape index (κ2) is 7.15. The summed E-state index contributed by atoms with van der Waals surface area (Å²) in [7, 11) is 0. The first kappa shape index (κ1) is 18.1. The first-order valence-electron chi connectivity index (χ1n) is 9.95. The maximum atomic E-state index is 13.6. The standard InChI is InChI=1S/C24H20N4O2/c1-2-21-25-19-14-8-6-12-17(19)23(29)27(21)28-22(16-10-4-3-5-11-16)26-20-15-9-7-13-18(20)24(28)30/h3-15,21,25H,2H2,1H3. The Kier molecular flexibility index (Phi) is 4.32. The van der Waals surface area contributed by atoms with Crippen LogP contribution in [0.2, 0.25) is 0 Å². The van der Waals surface area contributed by atoms with Gasteiger partial charge in [0.2, 0.25) is 0 Å². The normalized spacial score (nSPS) is 15.7. The summed E-state index contributed by atoms with van der Waals surface area (Å²) in [6, 6.07) is 24.1. The van der Waals surface area contributed by atoms with Gasteiger partial charge in [0.15, 0.2) is 5.82 Å². The second-order valence-electron chi connectivity index (χ2n) is 7.20. The Labute approximate surface area is 173 Å². The molecule has 1 unspecified atom stereocenters. The Balaban J connectivity index is 1.82. The number of carbonyl (C=O) groups is 1. The minimum Gasteiger partial charge on any atom is -0.363 e. The molecule has 1 aliphatic rings. The number of nitrogens with one attached hydrogen (secondary N) is 1. The molecule has 4 aromatic rings. The lowest BCUT2D eigenvalue weighted by Crippen LogP contribution is -2.58. The first-order chi connectivity index (χ1) is 14.7. The fraction of sp³-hybridized carbons (Fsp3) is 0.125. The van der Waals surface area contributed by atoms with E-state index in [1.165, 1.54) is 9.69 Å². The number of aromatic nitrogens is 2. The zero-order valence-corrected chi connectivity index (χ0v) is 16.4. The molecule has 30 heavy (non-hydrogen) atoms. The Bertz CT molecular complexity index is 1310. The highest BCUT2D eigenvalue weighted by Gasteiger charge is 2.34. The molecule has 0 spiro atoms. The predicted molar refractivity (Wildman–Crippen MR) is 118 cm³/mol. The molecule has 1 N–H and O–H groups in total. The van der Waals surface area contributed by atoms with Crippen LogP contribution < -0.4 is 15.9 Å². The van der Waals surface area contributed by atoms with Gasteiger partial charge in [-0.3, -0.25) is 9.59 Å². The van der Waals surface area contributed by atoms with Gasteiger partial charge in [0, 0.05) is 11.3 Å². The van der Waals surface area contributed by atoms with Crippen molar-refractivity contribution in [3.05, 3.63) is 94.8 Å². The molecule has 6 heteroatoms. The smallest absolute Gasteiger partial charge is 0.280 e. The molecule has 0 aliphatic carbocycles. The number of hydrogen-bond acceptors (Lipinski definition) is 4. The number of rotatable bonds is 3. The van der Waals surface area contributed by atoms with Crippen molar-refractivity contribution in [3.63, 3.8) is 0 Å². The van der Waals surface area contributed by atoms with Crippen LogP contribution in [0.4, 0.5) is 5.69 Å². The lowest BCUT2D eigenvalue weighted by molar-refractivity contribution is 0.0939. The minimum absolute atomic E-state index is 0.229. The van der Waals surface area contributed by atoms with Crippen molar-refractivity contribution in [3.8, 4) is 11.4 Å². The highest BCUT2D eigenvalue weighted by atomic mass is 16.2. The van der Waals surface area contributed by atoms with E-state index in [1.54, 1.807) is 18.2 Å². The number of fused-ring (bicyclic) bond motifs is 2. The van der Waals surface area contributed by atoms with E-state index in [9.17, 15) is 9.59 Å². The molecule has 1 amide bonds. The lowest BCUT2D eigenvalue weighted by atomic mass is 10.1. The van der Waals surface area contributed by atoms with E-state index >= 15 is 0 Å². The maximum absolute atomic E-state index is 13.6. The third-order valence-electron chi connectivity index (χ3n) is 5.37. The minimum atomic E-state index is -0.379. The summed E-state index contributed by atoms with van der Waals surface area (Å²) in [6.45, 7) is 1.98. The molecule has 1 atom stereocenters. The van der Waals surface area contributed by atoms with E-state index in [2.05, 4.69) is 5.32 Å². The van der Waals surface area contributed by atoms with Gasteiger partial charge < -0.3 is 5.32 Å². The van der Waals surface area contributed by atoms with Crippen LogP contribution in [0.25, 0.3) is 22.3 Å². The molecule has 6 nitrogen and oxygen atoms in total. The van der Waals surface area contributed by atoms with E-state index in [1.807, 2.05) is 67.6 Å². The molecule has 0 fully saturated rings. The highest BCUT2D eigenvalue weighted by Crippen LogP contribution is 2.27. The van der Waals surface area contributed by atoms with Crippen molar-refractivity contribution in [2.75, 3.05) is 10.3 Å². The van der Waals surface area contributed by atoms with Gasteiger partial charge in [0.1, 0.15) is 6.17 Å². The molecule has 1 aromatic heterocycles. The Morgan fingerprint density at radius 1 is 0.900 bits per heavy atom. The predicted octanol–water partition coefficient (Wildman–Crippen LogP) is 4.00. The number of nitrogens with zero attached hydrogens (tertiary/aromatic N) is 3. The molecule has 5 rings (SSSR count). The number of amides is 1. The Morgan fingerprint density at radius 3 is 2.40 bits per heavy atom. The van der Waals surface area contributed by atoms with Crippen LogP contribution in [0.3, 0.4) is 0 Å². The molecule has 3 aromatic carbocycles. The van der Waals surface area contributed by atoms with Gasteiger partial charge in [0.05, 0.1) is 16.5 Å². The number of para-hydroxylation sites is 2. The van der Waals surface area contributed by atoms with Crippen LogP contribution in [0, 0.1) is 0 Å². The van der Waals surface area contributed by atoms with Gasteiger partial charge in [-0.25, -0.2) is 9.99 Å². The molecule has 0 radical (unpaired) electrons. The number of benzene rings is 3. The van der Waals surface area contributed by atoms with Crippen molar-refractivity contribution in [2.24, 2.45) is 0 Å². The van der Waals surface area contributed by atoms with Crippen molar-refractivity contribution < 1.29 is 4.79 Å². The van der Waals surface area contributed by atoms with Crippen LogP contribution >= 0.6 is 0 Å². The van der Waals surface area contributed by atoms with Crippen LogP contribution in [-0.4, -0.2) is 21.7 Å². The lowest BCUT2D eigenvalue weighted by Gasteiger charge is -2.38. The summed E-state index contributed by atoms with van der Waals surface area (Å²) >= 11 is 0. The van der Waals surface area contributed by atoms with Crippen LogP contribution in [0.5, 0.6) is 0 Å². The number of anilines is 1. The molecule has 2 heterocycles. The largest absolute Gasteiger partial charge is 0.363 e. The summed E-state index contributed by atoms with van der Waals surface area (Å²) in [5.41, 5.74) is 2.40. The van der Waals surface area contributed by atoms with E-state index < -0.39 is 0 Å². The number of carbonyl (C=O) groups excluding carboxylic acids is 1. The van der Waals surface area contributed by atoms with E-state index in [0.717, 1.165) is 11.3 Å². The molecule has 1 aliphatic heterocycles. The SMILES string of the molecule is CCC1Nc2ccccc2C(=O)N1n1c(-c2ccccc2)nc2ccccc2c1=O. The molecule has 0 saturated heterocycles. The summed E-state index contributed by atoms with van der Waals surface area (Å²) in [5, 5.41) is 5.37. The quantitative estimate of drug-likeness (QED) is 0.568. The molecular formula is C24H20N4O2. The van der Waals surface area contributed by atoms with Gasteiger partial charge in [-0.2, -0.15) is 4.68 Å². The number of hydrogen-bond donors (Lipinski definition) is 1. The van der Waals surface area contributed by atoms with Crippen LogP contribution in [-0.2, 0) is 0 Å². The monoisotopic (exact) mass is 396 g/mol. The summed E-state index contributed by atoms with van der Waals surface area (Å²) in [6.07, 6.45) is 0.239. The van der Waals surface area contributed by atoms with Crippen LogP contribution in [0.1, 0.15) is 23.7 Å². The zero-order valence-electron chi connectivity index (χ0n) is 16.4. The van der Waals surface area contributed by atoms with Crippen molar-refractivity contribution >= 4 is 22.5 Å². The van der Waals surface area contributed by atoms with Gasteiger partial charge in [-0.15, -0.1) is 0 Å². The van der Waals surface area contributed by atoms with E-state index in [4.69, 9.17) is 4.98 Å². The molecular weight excluding hydrogens is 376 g/mol. The van der Waals surface area contributed by atoms with Gasteiger partial charge >= 0.3 is 0 Å². The van der Waals surface area contributed by atoms with Crippen molar-refractivity contribution in [1.82, 2.24) is 9.66 Å². The first-order valence-corrected chi connectivity index (χ1v) is 9.95. The van der Waals surface area contributed by atoms with Crippen molar-refractivity contribution in [1.29, 1.82) is 0 Å². The fourth-order valence-electron chi connectivity index (χ4n) is 3.90. The third-order valence-corrected chi connectivity index (χ3v) is 5.37. The van der Waals surface area contributed by atoms with Gasteiger partial charge in [-0.1, -0.05) is 61.5 Å². The Morgan fingerprint density at radius 2 is 1.60 bits per heavy atom. The summed E-state index contributed by atoms with van der Waals surface area (Å²) in [5.74, 6) is 0.208. The fourth-order valence-corrected chi connectivity index (χ4v) is 3.90. The third kappa shape index (κ3) is 2.76. The van der Waals surface area contributed by atoms with Crippen LogP contribution in [0.15, 0.2) is 83.7 Å². The van der Waals surface area contributed by atoms with E-state index in [-0.39, 0.29) is 17.6 Å². The summed E-state index contributed by atoms with van der Waals surface area (Å²) in [4.78, 5) is 32.0. The Hall–Kier alpha value is -3.93. The van der Waals surface area contributed by atoms with Crippen molar-refractivity contribution in [2.45, 2.75) is 19.5 Å². The summed E-state index contributed by atoms with van der Waals surface area (Å²) < 4.78 is 1.43. The average molecular weight is 396 g/mol. The second-order valence-corrected chi connectivity index (χ2v) is 7.20. The highest BCUT2D eigenvalue weighted by molar-refractivity contribution is 6.08. The zero-order chi connectivity index (χ0) is 20.7. The average Bonchev–Trinajstić information content (AvgIpc) is 2.80. The molecule has 0 saturated carbocycles. The molecule has 0 bridgehead atoms. The maximum Gasteiger partial charge on any atom is 0.280 e. The van der Waals surface area contributed by atoms with E-state index in [0.29, 0.717) is 28.7 Å². The van der Waals surface area contributed by atoms with Gasteiger partial charge in [-0.05, 0) is 30.7 Å².